The maximum absolute atomic E-state index is 11.7. The number of nitrogens with zero attached hydrogens (tertiary/aromatic N) is 2. The first kappa shape index (κ1) is 15.1. The number of rotatable bonds is 0. The lowest BCUT2D eigenvalue weighted by atomic mass is 10.4. The summed E-state index contributed by atoms with van der Waals surface area (Å²) in [5, 5.41) is 10.2. The number of alkyl halides is 6. The van der Waals surface area contributed by atoms with Crippen molar-refractivity contribution in [3.8, 4) is 0 Å². The highest BCUT2D eigenvalue weighted by Crippen LogP contribution is 2.27. The van der Waals surface area contributed by atoms with Crippen LogP contribution in [0.25, 0.3) is 0 Å². The minimum Gasteiger partial charge on any atom is -0.282 e. The molecular weight excluding hydrogens is 278 g/mol. The Kier molecular flexibility index (Phi) is 4.22. The highest BCUT2D eigenvalue weighted by Gasteiger charge is 2.33. The van der Waals surface area contributed by atoms with E-state index in [1.807, 2.05) is 0 Å². The molecule has 106 valence electrons. The monoisotopic (exact) mass is 286 g/mol. The highest BCUT2D eigenvalue weighted by molar-refractivity contribution is 5.09. The Bertz CT molecular complexity index is 496. The maximum atomic E-state index is 11.7. The Labute approximate surface area is 102 Å². The van der Waals surface area contributed by atoms with Gasteiger partial charge in [0.25, 0.3) is 0 Å². The van der Waals surface area contributed by atoms with Crippen LogP contribution in [0.4, 0.5) is 26.3 Å². The van der Waals surface area contributed by atoms with Crippen LogP contribution in [0.2, 0.25) is 0 Å². The Morgan fingerprint density at radius 1 is 1.00 bits per heavy atom. The van der Waals surface area contributed by atoms with Gasteiger partial charge in [0.05, 0.1) is 0 Å². The molecule has 0 bridgehead atoms. The smallest absolute Gasteiger partial charge is 0.282 e. The maximum Gasteiger partial charge on any atom is 0.435 e. The van der Waals surface area contributed by atoms with Gasteiger partial charge in [-0.25, -0.2) is 0 Å². The second-order valence-corrected chi connectivity index (χ2v) is 3.40. The normalized spacial score (nSPS) is 11.9. The molecule has 0 radical (unpaired) electrons. The lowest BCUT2D eigenvalue weighted by Gasteiger charge is -1.99. The first-order chi connectivity index (χ1) is 8.60. The predicted octanol–water partition coefficient (Wildman–Crippen LogP) is 3.17. The van der Waals surface area contributed by atoms with Crippen molar-refractivity contribution in [1.29, 1.82) is 0 Å². The minimum absolute atomic E-state index is 0.410. The zero-order valence-electron chi connectivity index (χ0n) is 9.39. The Balaban J connectivity index is 0.000000191. The summed E-state index contributed by atoms with van der Waals surface area (Å²) in [6.07, 6.45) is -7.57. The number of aromatic amines is 2. The Morgan fingerprint density at radius 2 is 1.63 bits per heavy atom. The van der Waals surface area contributed by atoms with Crippen LogP contribution in [-0.4, -0.2) is 20.4 Å². The molecule has 0 aliphatic carbocycles. The van der Waals surface area contributed by atoms with Crippen LogP contribution in [0, 0.1) is 6.92 Å². The summed E-state index contributed by atoms with van der Waals surface area (Å²) in [6, 6.07) is 1.83. The topological polar surface area (TPSA) is 57.4 Å². The number of aromatic nitrogens is 4. The van der Waals surface area contributed by atoms with E-state index in [0.717, 1.165) is 18.3 Å². The molecule has 0 saturated heterocycles. The molecule has 0 aromatic carbocycles. The first-order valence-electron chi connectivity index (χ1n) is 4.76. The molecule has 2 heterocycles. The quantitative estimate of drug-likeness (QED) is 0.731. The fourth-order valence-electron chi connectivity index (χ4n) is 0.977. The van der Waals surface area contributed by atoms with Crippen molar-refractivity contribution in [3.05, 3.63) is 35.4 Å². The third-order valence-corrected chi connectivity index (χ3v) is 1.80. The van der Waals surface area contributed by atoms with E-state index in [2.05, 4.69) is 15.3 Å². The van der Waals surface area contributed by atoms with Crippen molar-refractivity contribution in [2.75, 3.05) is 0 Å². The number of H-pyrrole nitrogens is 2. The second-order valence-electron chi connectivity index (χ2n) is 3.40. The number of aryl methyl sites for hydroxylation is 1. The number of halogens is 6. The lowest BCUT2D eigenvalue weighted by Crippen LogP contribution is -2.04. The van der Waals surface area contributed by atoms with Gasteiger partial charge in [0.1, 0.15) is 5.69 Å². The average Bonchev–Trinajstić information content (AvgIpc) is 2.84. The van der Waals surface area contributed by atoms with Gasteiger partial charge < -0.3 is 0 Å². The fourth-order valence-corrected chi connectivity index (χ4v) is 0.977. The van der Waals surface area contributed by atoms with Gasteiger partial charge in [-0.05, 0) is 19.1 Å². The number of hydrogen-bond acceptors (Lipinski definition) is 2. The lowest BCUT2D eigenvalue weighted by molar-refractivity contribution is -0.142. The van der Waals surface area contributed by atoms with Gasteiger partial charge in [-0.15, -0.1) is 0 Å². The molecule has 0 aliphatic heterocycles. The van der Waals surface area contributed by atoms with Crippen molar-refractivity contribution in [2.24, 2.45) is 0 Å². The summed E-state index contributed by atoms with van der Waals surface area (Å²) >= 11 is 0. The number of hydrogen-bond donors (Lipinski definition) is 2. The van der Waals surface area contributed by atoms with Gasteiger partial charge in [0.15, 0.2) is 5.69 Å². The fraction of sp³-hybridized carbons (Fsp3) is 0.333. The van der Waals surface area contributed by atoms with E-state index in [0.29, 0.717) is 5.69 Å². The largest absolute Gasteiger partial charge is 0.435 e. The van der Waals surface area contributed by atoms with Crippen LogP contribution in [0.5, 0.6) is 0 Å². The van der Waals surface area contributed by atoms with Gasteiger partial charge in [-0.3, -0.25) is 10.2 Å². The van der Waals surface area contributed by atoms with E-state index in [9.17, 15) is 26.3 Å². The first-order valence-corrected chi connectivity index (χ1v) is 4.76. The summed E-state index contributed by atoms with van der Waals surface area (Å²) < 4.78 is 69.8. The minimum atomic E-state index is -4.33. The molecule has 2 N–H and O–H groups in total. The summed E-state index contributed by atoms with van der Waals surface area (Å²) in [5.74, 6) is 0. The molecule has 10 heteroatoms. The van der Waals surface area contributed by atoms with Crippen molar-refractivity contribution in [3.63, 3.8) is 0 Å². The zero-order chi connectivity index (χ0) is 14.7. The number of nitrogens with one attached hydrogen (secondary N) is 2. The SMILES string of the molecule is Cc1cc(C(F)(F)F)n[nH]1.FC(F)(F)c1ccn[nH]1. The van der Waals surface area contributed by atoms with Crippen LogP contribution in [0.3, 0.4) is 0 Å². The molecule has 0 amide bonds. The van der Waals surface area contributed by atoms with Crippen molar-refractivity contribution >= 4 is 0 Å². The van der Waals surface area contributed by atoms with E-state index in [1.165, 1.54) is 6.92 Å². The standard InChI is InChI=1S/C5H5F3N2.C4H3F3N2/c1-3-2-4(10-9-3)5(6,7)8;5-4(6,7)3-1-2-8-9-3/h2H,1H3,(H,9,10);1-2H,(H,8,9). The highest BCUT2D eigenvalue weighted by atomic mass is 19.4. The van der Waals surface area contributed by atoms with Gasteiger partial charge in [-0.1, -0.05) is 0 Å². The van der Waals surface area contributed by atoms with E-state index < -0.39 is 23.7 Å². The zero-order valence-corrected chi connectivity index (χ0v) is 9.39. The molecule has 2 aromatic rings. The summed E-state index contributed by atoms with van der Waals surface area (Å²) in [5.41, 5.74) is -1.28. The molecule has 0 atom stereocenters. The van der Waals surface area contributed by atoms with Gasteiger partial charge in [0, 0.05) is 11.9 Å². The van der Waals surface area contributed by atoms with E-state index in [1.54, 1.807) is 5.10 Å². The van der Waals surface area contributed by atoms with Crippen LogP contribution in [0.1, 0.15) is 17.1 Å². The van der Waals surface area contributed by atoms with Crippen molar-refractivity contribution < 1.29 is 26.3 Å². The van der Waals surface area contributed by atoms with E-state index in [-0.39, 0.29) is 0 Å². The van der Waals surface area contributed by atoms with Crippen molar-refractivity contribution in [2.45, 2.75) is 19.3 Å². The van der Waals surface area contributed by atoms with Gasteiger partial charge in [-0.2, -0.15) is 36.5 Å². The molecule has 2 aromatic heterocycles. The summed E-state index contributed by atoms with van der Waals surface area (Å²) in [6.45, 7) is 1.52. The molecule has 0 unspecified atom stereocenters. The molecule has 19 heavy (non-hydrogen) atoms. The summed E-state index contributed by atoms with van der Waals surface area (Å²) in [7, 11) is 0. The third kappa shape index (κ3) is 4.64. The molecule has 0 saturated carbocycles. The Morgan fingerprint density at radius 3 is 1.84 bits per heavy atom. The van der Waals surface area contributed by atoms with Crippen LogP contribution in [0.15, 0.2) is 18.3 Å². The molecular formula is C9H8F6N4. The second kappa shape index (κ2) is 5.33. The van der Waals surface area contributed by atoms with Gasteiger partial charge in [0.2, 0.25) is 0 Å². The van der Waals surface area contributed by atoms with Crippen LogP contribution < -0.4 is 0 Å². The molecule has 0 spiro atoms. The molecule has 4 nitrogen and oxygen atoms in total. The molecule has 0 fully saturated rings. The van der Waals surface area contributed by atoms with Crippen LogP contribution >= 0.6 is 0 Å². The van der Waals surface area contributed by atoms with E-state index >= 15 is 0 Å². The third-order valence-electron chi connectivity index (χ3n) is 1.80. The molecule has 0 aliphatic rings. The van der Waals surface area contributed by atoms with Gasteiger partial charge >= 0.3 is 12.4 Å². The van der Waals surface area contributed by atoms with Crippen LogP contribution in [-0.2, 0) is 12.4 Å². The average molecular weight is 286 g/mol. The Hall–Kier alpha value is -2.00. The summed E-state index contributed by atoms with van der Waals surface area (Å²) in [4.78, 5) is 0. The molecule has 2 rings (SSSR count). The predicted molar refractivity (Wildman–Crippen MR) is 51.9 cm³/mol. The van der Waals surface area contributed by atoms with Crippen molar-refractivity contribution in [1.82, 2.24) is 20.4 Å². The van der Waals surface area contributed by atoms with E-state index in [4.69, 9.17) is 0 Å².